The van der Waals surface area contributed by atoms with Crippen LogP contribution < -0.4 is 9.80 Å². The van der Waals surface area contributed by atoms with E-state index in [0.29, 0.717) is 0 Å². The van der Waals surface area contributed by atoms with Crippen molar-refractivity contribution >= 4 is 143 Å². The second-order valence-corrected chi connectivity index (χ2v) is 23.4. The molecule has 0 N–H and O–H groups in total. The fourth-order valence-corrected chi connectivity index (χ4v) is 12.4. The van der Waals surface area contributed by atoms with Crippen molar-refractivity contribution in [2.45, 2.75) is 66.2 Å². The molecule has 4 heterocycles. The molecule has 0 saturated carbocycles. The molecule has 6 nitrogen and oxygen atoms in total. The maximum Gasteiger partial charge on any atom is 0.159 e. The van der Waals surface area contributed by atoms with Gasteiger partial charge in [0.2, 0.25) is 0 Å². The average molecular weight is 1010 g/mol. The summed E-state index contributed by atoms with van der Waals surface area (Å²) in [6.07, 6.45) is 0. The van der Waals surface area contributed by atoms with Crippen LogP contribution in [0.15, 0.2) is 212 Å². The van der Waals surface area contributed by atoms with E-state index in [1.807, 2.05) is 0 Å². The van der Waals surface area contributed by atoms with Crippen molar-refractivity contribution in [2.75, 3.05) is 9.80 Å². The lowest BCUT2D eigenvalue weighted by atomic mass is 9.86. The Labute approximate surface area is 451 Å². The minimum Gasteiger partial charge on any atom is -0.456 e. The topological polar surface area (TPSA) is 59.0 Å². The van der Waals surface area contributed by atoms with Crippen LogP contribution in [0.25, 0.3) is 109 Å². The van der Waals surface area contributed by atoms with Gasteiger partial charge >= 0.3 is 0 Å². The van der Waals surface area contributed by atoms with Gasteiger partial charge in [0.15, 0.2) is 11.2 Å². The summed E-state index contributed by atoms with van der Waals surface area (Å²) in [6.45, 7) is 17.8. The molecule has 378 valence electrons. The van der Waals surface area contributed by atoms with Crippen LogP contribution in [-0.4, -0.2) is 0 Å². The van der Waals surface area contributed by atoms with Gasteiger partial charge in [0, 0.05) is 71.6 Å². The Bertz CT molecular complexity index is 4990. The smallest absolute Gasteiger partial charge is 0.159 e. The highest BCUT2D eigenvalue weighted by Crippen LogP contribution is 2.49. The Morgan fingerprint density at radius 2 is 0.731 bits per heavy atom. The fourth-order valence-electron chi connectivity index (χ4n) is 12.4. The lowest BCUT2D eigenvalue weighted by molar-refractivity contribution is 0.572. The molecule has 0 aliphatic carbocycles. The van der Waals surface area contributed by atoms with E-state index in [-0.39, 0.29) is 10.8 Å². The second kappa shape index (κ2) is 16.6. The predicted molar refractivity (Wildman–Crippen MR) is 327 cm³/mol. The lowest BCUT2D eigenvalue weighted by Crippen LogP contribution is -2.11. The van der Waals surface area contributed by atoms with Crippen molar-refractivity contribution in [3.05, 3.63) is 216 Å². The molecule has 4 aromatic heterocycles. The van der Waals surface area contributed by atoms with Gasteiger partial charge in [0.05, 0.1) is 16.8 Å². The number of rotatable bonds is 6. The van der Waals surface area contributed by atoms with Gasteiger partial charge in [-0.3, -0.25) is 0 Å². The Morgan fingerprint density at radius 3 is 1.23 bits per heavy atom. The van der Waals surface area contributed by atoms with Gasteiger partial charge in [-0.2, -0.15) is 0 Å². The Balaban J connectivity index is 0.859. The molecule has 15 rings (SSSR count). The summed E-state index contributed by atoms with van der Waals surface area (Å²) in [5.74, 6) is 0. The van der Waals surface area contributed by atoms with Crippen LogP contribution >= 0.6 is 0 Å². The highest BCUT2D eigenvalue weighted by atomic mass is 16.3. The van der Waals surface area contributed by atoms with Crippen LogP contribution in [0.5, 0.6) is 0 Å². The highest BCUT2D eigenvalue weighted by molar-refractivity contribution is 6.24. The summed E-state index contributed by atoms with van der Waals surface area (Å²) in [4.78, 5) is 4.69. The summed E-state index contributed by atoms with van der Waals surface area (Å²) < 4.78 is 27.7. The molecule has 0 amide bonds. The first-order chi connectivity index (χ1) is 37.7. The van der Waals surface area contributed by atoms with E-state index in [2.05, 4.69) is 259 Å². The molecule has 0 aliphatic rings. The van der Waals surface area contributed by atoms with Crippen LogP contribution in [0.1, 0.15) is 63.8 Å². The number of para-hydroxylation sites is 6. The molecular weight excluding hydrogens is 957 g/mol. The number of furan rings is 4. The van der Waals surface area contributed by atoms with Gasteiger partial charge in [0.25, 0.3) is 0 Å². The van der Waals surface area contributed by atoms with E-state index < -0.39 is 0 Å². The molecule has 11 aromatic carbocycles. The third-order valence-electron chi connectivity index (χ3n) is 16.3. The first-order valence-electron chi connectivity index (χ1n) is 27.1. The monoisotopic (exact) mass is 1010 g/mol. The van der Waals surface area contributed by atoms with E-state index in [1.165, 1.54) is 11.1 Å². The van der Waals surface area contributed by atoms with E-state index in [1.54, 1.807) is 0 Å². The maximum atomic E-state index is 7.01. The molecule has 0 fully saturated rings. The average Bonchev–Trinajstić information content (AvgIpc) is 4.40. The zero-order chi connectivity index (χ0) is 52.9. The molecule has 6 heteroatoms. The second-order valence-electron chi connectivity index (χ2n) is 23.4. The van der Waals surface area contributed by atoms with Crippen LogP contribution in [0.3, 0.4) is 0 Å². The zero-order valence-electron chi connectivity index (χ0n) is 45.0. The minimum atomic E-state index is -0.0862. The fraction of sp³-hybridized carbons (Fsp3) is 0.139. The number of fused-ring (bicyclic) bond motifs is 15. The molecule has 0 unspecified atom stereocenters. The molecule has 0 atom stereocenters. The molecule has 0 saturated heterocycles. The molecule has 0 bridgehead atoms. The summed E-state index contributed by atoms with van der Waals surface area (Å²) in [5.41, 5.74) is 17.6. The molecular formula is C72H56N2O4. The summed E-state index contributed by atoms with van der Waals surface area (Å²) >= 11 is 0. The van der Waals surface area contributed by atoms with Crippen molar-refractivity contribution in [3.8, 4) is 0 Å². The lowest BCUT2D eigenvalue weighted by Gasteiger charge is -2.27. The van der Waals surface area contributed by atoms with Gasteiger partial charge in [0.1, 0.15) is 33.5 Å². The first-order valence-corrected chi connectivity index (χ1v) is 27.1. The van der Waals surface area contributed by atoms with E-state index in [0.717, 1.165) is 155 Å². The Kier molecular flexibility index (Phi) is 9.82. The van der Waals surface area contributed by atoms with Crippen molar-refractivity contribution in [1.82, 2.24) is 0 Å². The summed E-state index contributed by atoms with van der Waals surface area (Å²) in [5, 5.41) is 12.9. The third-order valence-corrected chi connectivity index (χ3v) is 16.3. The third kappa shape index (κ3) is 6.95. The van der Waals surface area contributed by atoms with Gasteiger partial charge in [-0.05, 0) is 142 Å². The largest absolute Gasteiger partial charge is 0.456 e. The zero-order valence-corrected chi connectivity index (χ0v) is 45.0. The number of benzene rings is 11. The van der Waals surface area contributed by atoms with E-state index >= 15 is 0 Å². The Hall–Kier alpha value is -9.26. The highest BCUT2D eigenvalue weighted by Gasteiger charge is 2.28. The summed E-state index contributed by atoms with van der Waals surface area (Å²) in [6, 6.07) is 69.8. The van der Waals surface area contributed by atoms with Crippen LogP contribution in [-0.2, 0) is 10.8 Å². The normalized spacial score (nSPS) is 12.6. The quantitative estimate of drug-likeness (QED) is 0.165. The number of anilines is 6. The minimum absolute atomic E-state index is 0.0862. The van der Waals surface area contributed by atoms with Gasteiger partial charge in [-0.25, -0.2) is 0 Å². The molecule has 78 heavy (non-hydrogen) atoms. The van der Waals surface area contributed by atoms with Crippen molar-refractivity contribution in [3.63, 3.8) is 0 Å². The number of nitrogens with zero attached hydrogens (tertiary/aromatic N) is 2. The van der Waals surface area contributed by atoms with Crippen LogP contribution in [0.4, 0.5) is 34.1 Å². The molecule has 0 aliphatic heterocycles. The number of aryl methyl sites for hydroxylation is 2. The van der Waals surface area contributed by atoms with Crippen molar-refractivity contribution in [2.24, 2.45) is 0 Å². The van der Waals surface area contributed by atoms with Crippen LogP contribution in [0.2, 0.25) is 0 Å². The van der Waals surface area contributed by atoms with Gasteiger partial charge in [-0.15, -0.1) is 0 Å². The van der Waals surface area contributed by atoms with Gasteiger partial charge < -0.3 is 27.5 Å². The van der Waals surface area contributed by atoms with E-state index in [4.69, 9.17) is 17.7 Å². The van der Waals surface area contributed by atoms with Crippen molar-refractivity contribution < 1.29 is 17.7 Å². The summed E-state index contributed by atoms with van der Waals surface area (Å²) in [7, 11) is 0. The number of hydrogen-bond donors (Lipinski definition) is 0. The SMILES string of the molecule is Cc1ccccc1N(c1ccc2cc3c(cc2c1)oc1c3ccc2oc3cc4cc(N(c5ccccc5C)c5cccc6c5oc5c(C(C)(C)C)cccc56)ccc4cc3c21)c1cccc2c1oc1c(C(C)(C)C)cccc12. The molecule has 0 spiro atoms. The van der Waals surface area contributed by atoms with Gasteiger partial charge in [-0.1, -0.05) is 151 Å². The standard InChI is InChI=1S/C72H56N2O4/c1-41-17-9-11-25-58(41)73(60-27-15-21-51-49-19-13-23-56(71(3,4)5)66(49)77-68(51)60)47-31-29-43-37-54-53-33-34-62-65(70(53)76-63(54)39-45(43)35-47)55-38-44-30-32-48(36-46(44)40-64(55)75-62)74(59-26-12-10-18-42(59)2)61-28-16-22-52-50-20-14-24-57(72(6,7)8)67(50)78-69(52)61/h9-40H,1-8H3. The molecule has 0 radical (unpaired) electrons. The van der Waals surface area contributed by atoms with Crippen LogP contribution in [0, 0.1) is 13.8 Å². The predicted octanol–water partition coefficient (Wildman–Crippen LogP) is 21.7. The first kappa shape index (κ1) is 46.1. The number of hydrogen-bond acceptors (Lipinski definition) is 6. The maximum absolute atomic E-state index is 7.01. The Morgan fingerprint density at radius 1 is 0.295 bits per heavy atom. The van der Waals surface area contributed by atoms with Crippen molar-refractivity contribution in [1.29, 1.82) is 0 Å². The van der Waals surface area contributed by atoms with E-state index in [9.17, 15) is 0 Å². The molecule has 15 aromatic rings.